The average Bonchev–Trinajstić information content (AvgIpc) is 2.59. The molecule has 27 heavy (non-hydrogen) atoms. The van der Waals surface area contributed by atoms with E-state index in [0.717, 1.165) is 9.13 Å². The minimum absolute atomic E-state index is 0.0721. The van der Waals surface area contributed by atoms with E-state index in [2.05, 4.69) is 6.58 Å². The number of pyridine rings is 1. The van der Waals surface area contributed by atoms with Crippen LogP contribution in [0.4, 0.5) is 4.39 Å². The van der Waals surface area contributed by atoms with Crippen LogP contribution in [-0.2, 0) is 7.05 Å². The lowest BCUT2D eigenvalue weighted by atomic mass is 10.2. The summed E-state index contributed by atoms with van der Waals surface area (Å²) in [6, 6.07) is 4.08. The monoisotopic (exact) mass is 371 g/mol. The predicted molar refractivity (Wildman–Crippen MR) is 101 cm³/mol. The number of benzene rings is 1. The summed E-state index contributed by atoms with van der Waals surface area (Å²) in [5.74, 6) is -1.30. The SMILES string of the molecule is C=C(C)n1c(=O)c(C)c(O)c2c(=O)n(-c3ccc(C)cc3F)c(=O)n(C)c21. The van der Waals surface area contributed by atoms with Crippen molar-refractivity contribution in [2.24, 2.45) is 7.05 Å². The maximum absolute atomic E-state index is 14.4. The Morgan fingerprint density at radius 1 is 1.15 bits per heavy atom. The normalized spacial score (nSPS) is 11.1. The highest BCUT2D eigenvalue weighted by Gasteiger charge is 2.23. The summed E-state index contributed by atoms with van der Waals surface area (Å²) >= 11 is 0. The van der Waals surface area contributed by atoms with Gasteiger partial charge in [0, 0.05) is 12.7 Å². The Morgan fingerprint density at radius 2 is 1.78 bits per heavy atom. The van der Waals surface area contributed by atoms with E-state index >= 15 is 0 Å². The molecule has 0 amide bonds. The number of fused-ring (bicyclic) bond motifs is 1. The molecule has 0 atom stereocenters. The van der Waals surface area contributed by atoms with Crippen LogP contribution >= 0.6 is 0 Å². The van der Waals surface area contributed by atoms with E-state index in [1.165, 1.54) is 33.0 Å². The van der Waals surface area contributed by atoms with E-state index in [1.54, 1.807) is 13.0 Å². The maximum atomic E-state index is 14.4. The smallest absolute Gasteiger partial charge is 0.337 e. The van der Waals surface area contributed by atoms with Gasteiger partial charge in [0.15, 0.2) is 0 Å². The maximum Gasteiger partial charge on any atom is 0.337 e. The minimum atomic E-state index is -0.925. The van der Waals surface area contributed by atoms with Crippen LogP contribution < -0.4 is 16.8 Å². The summed E-state index contributed by atoms with van der Waals surface area (Å²) in [6.45, 7) is 8.28. The fourth-order valence-corrected chi connectivity index (χ4v) is 3.08. The molecule has 0 spiro atoms. The van der Waals surface area contributed by atoms with E-state index in [0.29, 0.717) is 10.1 Å². The molecule has 0 saturated carbocycles. The summed E-state index contributed by atoms with van der Waals surface area (Å²) in [5.41, 5.74) is -1.90. The Balaban J connectivity index is 2.67. The number of rotatable bonds is 2. The van der Waals surface area contributed by atoms with Crippen LogP contribution in [0.5, 0.6) is 5.75 Å². The standard InChI is InChI=1S/C19H18FN3O4/c1-9(2)22-16-14(15(24)11(4)17(22)25)18(26)23(19(27)21(16)5)13-7-6-10(3)8-12(13)20/h6-8,24H,1H2,2-5H3. The second kappa shape index (κ2) is 6.08. The first-order valence-corrected chi connectivity index (χ1v) is 8.10. The van der Waals surface area contributed by atoms with Gasteiger partial charge in [-0.1, -0.05) is 12.6 Å². The molecule has 3 rings (SSSR count). The molecule has 2 aromatic heterocycles. The third kappa shape index (κ3) is 2.52. The summed E-state index contributed by atoms with van der Waals surface area (Å²) in [6.07, 6.45) is 0. The molecule has 0 radical (unpaired) electrons. The molecule has 140 valence electrons. The lowest BCUT2D eigenvalue weighted by molar-refractivity contribution is 0.473. The van der Waals surface area contributed by atoms with Gasteiger partial charge in [-0.15, -0.1) is 0 Å². The molecule has 0 fully saturated rings. The topological polar surface area (TPSA) is 86.2 Å². The van der Waals surface area contributed by atoms with Crippen molar-refractivity contribution in [2.75, 3.05) is 0 Å². The van der Waals surface area contributed by atoms with E-state index in [1.807, 2.05) is 0 Å². The van der Waals surface area contributed by atoms with Gasteiger partial charge >= 0.3 is 5.69 Å². The third-order valence-corrected chi connectivity index (χ3v) is 4.49. The number of aromatic nitrogens is 3. The number of aromatic hydroxyl groups is 1. The van der Waals surface area contributed by atoms with Crippen molar-refractivity contribution in [1.29, 1.82) is 0 Å². The van der Waals surface area contributed by atoms with Gasteiger partial charge in [0.25, 0.3) is 11.1 Å². The third-order valence-electron chi connectivity index (χ3n) is 4.49. The highest BCUT2D eigenvalue weighted by atomic mass is 19.1. The van der Waals surface area contributed by atoms with Crippen molar-refractivity contribution >= 4 is 16.7 Å². The highest BCUT2D eigenvalue weighted by molar-refractivity contribution is 5.85. The first-order valence-electron chi connectivity index (χ1n) is 8.10. The molecule has 8 heteroatoms. The van der Waals surface area contributed by atoms with Crippen LogP contribution in [0.25, 0.3) is 22.4 Å². The molecule has 0 aliphatic heterocycles. The fraction of sp³-hybridized carbons (Fsp3) is 0.211. The zero-order valence-corrected chi connectivity index (χ0v) is 15.3. The largest absolute Gasteiger partial charge is 0.506 e. The molecule has 0 aliphatic rings. The molecule has 0 aliphatic carbocycles. The van der Waals surface area contributed by atoms with Gasteiger partial charge in [-0.25, -0.2) is 13.8 Å². The van der Waals surface area contributed by atoms with Crippen LogP contribution in [0.15, 0.2) is 39.2 Å². The van der Waals surface area contributed by atoms with Gasteiger partial charge in [0.05, 0.1) is 11.3 Å². The lowest BCUT2D eigenvalue weighted by Gasteiger charge is -2.17. The second-order valence-corrected chi connectivity index (χ2v) is 6.49. The summed E-state index contributed by atoms with van der Waals surface area (Å²) in [5, 5.41) is 10.2. The second-order valence-electron chi connectivity index (χ2n) is 6.49. The first-order chi connectivity index (χ1) is 12.6. The number of aryl methyl sites for hydroxylation is 2. The van der Waals surface area contributed by atoms with Crippen molar-refractivity contribution in [2.45, 2.75) is 20.8 Å². The van der Waals surface area contributed by atoms with Crippen molar-refractivity contribution in [3.8, 4) is 11.4 Å². The van der Waals surface area contributed by atoms with Crippen molar-refractivity contribution < 1.29 is 9.50 Å². The summed E-state index contributed by atoms with van der Waals surface area (Å²) in [7, 11) is 1.33. The number of allylic oxidation sites excluding steroid dienone is 1. The van der Waals surface area contributed by atoms with Gasteiger partial charge in [-0.05, 0) is 38.5 Å². The molecular weight excluding hydrogens is 353 g/mol. The Bertz CT molecular complexity index is 1310. The first kappa shape index (κ1) is 18.4. The Hall–Kier alpha value is -3.42. The Kier molecular flexibility index (Phi) is 4.14. The minimum Gasteiger partial charge on any atom is -0.506 e. The molecule has 2 heterocycles. The average molecular weight is 371 g/mol. The predicted octanol–water partition coefficient (Wildman–Crippen LogP) is 1.80. The van der Waals surface area contributed by atoms with E-state index < -0.39 is 28.4 Å². The van der Waals surface area contributed by atoms with Crippen molar-refractivity contribution in [3.63, 3.8) is 0 Å². The zero-order valence-electron chi connectivity index (χ0n) is 15.3. The molecule has 1 aromatic carbocycles. The van der Waals surface area contributed by atoms with Gasteiger partial charge < -0.3 is 5.11 Å². The van der Waals surface area contributed by atoms with Crippen molar-refractivity contribution in [1.82, 2.24) is 13.7 Å². The van der Waals surface area contributed by atoms with E-state index in [4.69, 9.17) is 0 Å². The summed E-state index contributed by atoms with van der Waals surface area (Å²) in [4.78, 5) is 38.5. The number of hydrogen-bond donors (Lipinski definition) is 1. The van der Waals surface area contributed by atoms with Crippen LogP contribution in [0.1, 0.15) is 18.1 Å². The van der Waals surface area contributed by atoms with Gasteiger partial charge in [0.1, 0.15) is 22.6 Å². The van der Waals surface area contributed by atoms with Crippen molar-refractivity contribution in [3.05, 3.63) is 72.9 Å². The number of nitrogens with zero attached hydrogens (tertiary/aromatic N) is 3. The van der Waals surface area contributed by atoms with Crippen LogP contribution in [0.3, 0.4) is 0 Å². The molecule has 3 aromatic rings. The van der Waals surface area contributed by atoms with Gasteiger partial charge in [0.2, 0.25) is 0 Å². The molecule has 0 unspecified atom stereocenters. The molecule has 1 N–H and O–H groups in total. The fourth-order valence-electron chi connectivity index (χ4n) is 3.08. The molecule has 0 bridgehead atoms. The van der Waals surface area contributed by atoms with E-state index in [-0.39, 0.29) is 28.0 Å². The lowest BCUT2D eigenvalue weighted by Crippen LogP contribution is -2.41. The van der Waals surface area contributed by atoms with Gasteiger partial charge in [-0.2, -0.15) is 0 Å². The number of hydrogen-bond acceptors (Lipinski definition) is 4. The highest BCUT2D eigenvalue weighted by Crippen LogP contribution is 2.24. The van der Waals surface area contributed by atoms with Crippen LogP contribution in [0, 0.1) is 19.7 Å². The Labute approximate surface area is 152 Å². The molecule has 0 saturated heterocycles. The van der Waals surface area contributed by atoms with Crippen LogP contribution in [-0.4, -0.2) is 18.8 Å². The summed E-state index contributed by atoms with van der Waals surface area (Å²) < 4.78 is 17.2. The molecule has 7 nitrogen and oxygen atoms in total. The van der Waals surface area contributed by atoms with Gasteiger partial charge in [-0.3, -0.25) is 18.7 Å². The quantitative estimate of drug-likeness (QED) is 0.744. The Morgan fingerprint density at radius 3 is 2.33 bits per heavy atom. The van der Waals surface area contributed by atoms with E-state index in [9.17, 15) is 23.9 Å². The molecular formula is C19H18FN3O4. The number of halogens is 1. The zero-order chi connectivity index (χ0) is 20.2. The van der Waals surface area contributed by atoms with Crippen LogP contribution in [0.2, 0.25) is 0 Å².